The van der Waals surface area contributed by atoms with Crippen LogP contribution in [0, 0.1) is 0 Å². The summed E-state index contributed by atoms with van der Waals surface area (Å²) in [5.41, 5.74) is 7.64. The van der Waals surface area contributed by atoms with Crippen molar-refractivity contribution in [2.75, 3.05) is 0 Å². The van der Waals surface area contributed by atoms with Crippen molar-refractivity contribution in [3.8, 4) is 11.1 Å². The van der Waals surface area contributed by atoms with Crippen molar-refractivity contribution in [3.05, 3.63) is 96.1 Å². The number of carbonyl (C=O) groups excluding carboxylic acids is 1. The Morgan fingerprint density at radius 3 is 2.04 bits per heavy atom. The minimum Gasteiger partial charge on any atom is -0.267 e. The third kappa shape index (κ3) is 4.90. The first-order valence-corrected chi connectivity index (χ1v) is 8.75. The molecule has 3 aromatic rings. The molecule has 0 radical (unpaired) electrons. The topological polar surface area (TPSA) is 41.5 Å². The van der Waals surface area contributed by atoms with Crippen molar-refractivity contribution in [1.82, 2.24) is 5.43 Å². The molecule has 26 heavy (non-hydrogen) atoms. The summed E-state index contributed by atoms with van der Waals surface area (Å²) >= 11 is 0. The van der Waals surface area contributed by atoms with Crippen LogP contribution in [0.2, 0.25) is 0 Å². The van der Waals surface area contributed by atoms with Crippen LogP contribution in [0.15, 0.2) is 90.0 Å². The van der Waals surface area contributed by atoms with Gasteiger partial charge in [-0.15, -0.1) is 0 Å². The summed E-state index contributed by atoms with van der Waals surface area (Å²) in [6, 6.07) is 27.9. The molecule has 0 atom stereocenters. The summed E-state index contributed by atoms with van der Waals surface area (Å²) in [7, 11) is 0. The highest BCUT2D eigenvalue weighted by Gasteiger charge is 2.05. The zero-order valence-electron chi connectivity index (χ0n) is 14.9. The van der Waals surface area contributed by atoms with Crippen LogP contribution in [0.4, 0.5) is 0 Å². The fourth-order valence-corrected chi connectivity index (χ4v) is 2.68. The summed E-state index contributed by atoms with van der Waals surface area (Å²) < 4.78 is 0. The average molecular weight is 342 g/mol. The van der Waals surface area contributed by atoms with Crippen LogP contribution in [0.5, 0.6) is 0 Å². The smallest absolute Gasteiger partial charge is 0.267 e. The maximum absolute atomic E-state index is 12.3. The normalized spacial score (nSPS) is 11.2. The van der Waals surface area contributed by atoms with Gasteiger partial charge in [-0.3, -0.25) is 4.79 Å². The van der Waals surface area contributed by atoms with E-state index in [0.717, 1.165) is 29.7 Å². The van der Waals surface area contributed by atoms with E-state index in [4.69, 9.17) is 0 Å². The van der Waals surface area contributed by atoms with E-state index < -0.39 is 0 Å². The summed E-state index contributed by atoms with van der Waals surface area (Å²) in [6.07, 6.45) is 1.73. The Morgan fingerprint density at radius 2 is 1.38 bits per heavy atom. The van der Waals surface area contributed by atoms with Crippen LogP contribution in [0.3, 0.4) is 0 Å². The molecule has 0 heterocycles. The number of aryl methyl sites for hydroxylation is 1. The number of nitrogens with one attached hydrogen (secondary N) is 1. The van der Waals surface area contributed by atoms with E-state index in [9.17, 15) is 4.79 Å². The molecule has 0 aliphatic rings. The molecule has 3 heteroatoms. The largest absolute Gasteiger partial charge is 0.271 e. The van der Waals surface area contributed by atoms with Gasteiger partial charge in [-0.1, -0.05) is 72.8 Å². The Bertz CT molecular complexity index is 869. The molecule has 3 aromatic carbocycles. The number of rotatable bonds is 6. The minimum absolute atomic E-state index is 0.191. The SMILES string of the molecule is C/C(CCc1ccccc1)=N/NC(=O)c1ccc(-c2ccccc2)cc1. The standard InChI is InChI=1S/C23H22N2O/c1-18(12-13-19-8-4-2-5-9-19)24-25-23(26)22-16-14-21(15-17-22)20-10-6-3-7-11-20/h2-11,14-17H,12-13H2,1H3,(H,25,26)/b24-18-. The van der Waals surface area contributed by atoms with E-state index in [1.165, 1.54) is 5.56 Å². The van der Waals surface area contributed by atoms with Crippen LogP contribution in [0.1, 0.15) is 29.3 Å². The Balaban J connectivity index is 1.56. The number of hydrogen-bond acceptors (Lipinski definition) is 2. The number of nitrogens with zero attached hydrogens (tertiary/aromatic N) is 1. The lowest BCUT2D eigenvalue weighted by Crippen LogP contribution is -2.19. The monoisotopic (exact) mass is 342 g/mol. The highest BCUT2D eigenvalue weighted by molar-refractivity contribution is 5.95. The van der Waals surface area contributed by atoms with Gasteiger partial charge in [-0.2, -0.15) is 5.10 Å². The Hall–Kier alpha value is -3.20. The number of carbonyl (C=O) groups is 1. The van der Waals surface area contributed by atoms with Gasteiger partial charge in [0.1, 0.15) is 0 Å². The maximum atomic E-state index is 12.3. The molecule has 130 valence electrons. The van der Waals surface area contributed by atoms with Crippen molar-refractivity contribution in [1.29, 1.82) is 0 Å². The summed E-state index contributed by atoms with van der Waals surface area (Å²) in [4.78, 5) is 12.3. The summed E-state index contributed by atoms with van der Waals surface area (Å²) in [5, 5.41) is 4.21. The van der Waals surface area contributed by atoms with E-state index in [-0.39, 0.29) is 5.91 Å². The van der Waals surface area contributed by atoms with Gasteiger partial charge in [-0.05, 0) is 48.6 Å². The van der Waals surface area contributed by atoms with E-state index in [2.05, 4.69) is 34.8 Å². The molecule has 3 rings (SSSR count). The maximum Gasteiger partial charge on any atom is 0.271 e. The second-order valence-electron chi connectivity index (χ2n) is 6.22. The van der Waals surface area contributed by atoms with E-state index in [1.807, 2.05) is 67.6 Å². The predicted molar refractivity (Wildman–Crippen MR) is 107 cm³/mol. The minimum atomic E-state index is -0.191. The summed E-state index contributed by atoms with van der Waals surface area (Å²) in [5.74, 6) is -0.191. The number of hydrogen-bond donors (Lipinski definition) is 1. The fraction of sp³-hybridized carbons (Fsp3) is 0.130. The van der Waals surface area contributed by atoms with Gasteiger partial charge in [0, 0.05) is 11.3 Å². The molecule has 0 fully saturated rings. The van der Waals surface area contributed by atoms with Crippen LogP contribution in [-0.2, 0) is 6.42 Å². The number of benzene rings is 3. The zero-order chi connectivity index (χ0) is 18.2. The quantitative estimate of drug-likeness (QED) is 0.492. The third-order valence-electron chi connectivity index (χ3n) is 4.22. The van der Waals surface area contributed by atoms with Gasteiger partial charge in [0.05, 0.1) is 0 Å². The molecular formula is C23H22N2O. The molecule has 3 nitrogen and oxygen atoms in total. The molecule has 0 aliphatic carbocycles. The molecule has 0 unspecified atom stereocenters. The second kappa shape index (κ2) is 8.77. The van der Waals surface area contributed by atoms with Crippen LogP contribution in [0.25, 0.3) is 11.1 Å². The lowest BCUT2D eigenvalue weighted by atomic mass is 10.0. The first kappa shape index (κ1) is 17.6. The van der Waals surface area contributed by atoms with Crippen LogP contribution in [-0.4, -0.2) is 11.6 Å². The Labute approximate surface area is 154 Å². The molecule has 0 saturated carbocycles. The van der Waals surface area contributed by atoms with Crippen molar-refractivity contribution >= 4 is 11.6 Å². The predicted octanol–water partition coefficient (Wildman–Crippen LogP) is 5.09. The van der Waals surface area contributed by atoms with Gasteiger partial charge < -0.3 is 0 Å². The van der Waals surface area contributed by atoms with Crippen molar-refractivity contribution in [2.45, 2.75) is 19.8 Å². The van der Waals surface area contributed by atoms with Crippen LogP contribution >= 0.6 is 0 Å². The Kier molecular flexibility index (Phi) is 5.94. The number of amides is 1. The molecule has 0 aliphatic heterocycles. The Morgan fingerprint density at radius 1 is 0.808 bits per heavy atom. The molecule has 0 saturated heterocycles. The molecule has 1 amide bonds. The van der Waals surface area contributed by atoms with Crippen molar-refractivity contribution < 1.29 is 4.79 Å². The molecular weight excluding hydrogens is 320 g/mol. The van der Waals surface area contributed by atoms with Gasteiger partial charge in [0.2, 0.25) is 0 Å². The zero-order valence-corrected chi connectivity index (χ0v) is 14.9. The molecule has 0 aromatic heterocycles. The molecule has 0 spiro atoms. The van der Waals surface area contributed by atoms with E-state index >= 15 is 0 Å². The van der Waals surface area contributed by atoms with Crippen molar-refractivity contribution in [2.24, 2.45) is 5.10 Å². The van der Waals surface area contributed by atoms with Gasteiger partial charge >= 0.3 is 0 Å². The molecule has 0 bridgehead atoms. The number of hydrazone groups is 1. The van der Waals surface area contributed by atoms with E-state index in [1.54, 1.807) is 0 Å². The van der Waals surface area contributed by atoms with Gasteiger partial charge in [0.25, 0.3) is 5.91 Å². The lowest BCUT2D eigenvalue weighted by molar-refractivity contribution is 0.0954. The first-order valence-electron chi connectivity index (χ1n) is 8.75. The van der Waals surface area contributed by atoms with Crippen LogP contribution < -0.4 is 5.43 Å². The highest BCUT2D eigenvalue weighted by atomic mass is 16.2. The second-order valence-corrected chi connectivity index (χ2v) is 6.22. The molecule has 1 N–H and O–H groups in total. The van der Waals surface area contributed by atoms with Gasteiger partial charge in [0.15, 0.2) is 0 Å². The lowest BCUT2D eigenvalue weighted by Gasteiger charge is -2.05. The highest BCUT2D eigenvalue weighted by Crippen LogP contribution is 2.19. The first-order chi connectivity index (χ1) is 12.7. The fourth-order valence-electron chi connectivity index (χ4n) is 2.68. The van der Waals surface area contributed by atoms with Gasteiger partial charge in [-0.25, -0.2) is 5.43 Å². The third-order valence-corrected chi connectivity index (χ3v) is 4.22. The van der Waals surface area contributed by atoms with Crippen molar-refractivity contribution in [3.63, 3.8) is 0 Å². The van der Waals surface area contributed by atoms with E-state index in [0.29, 0.717) is 5.56 Å². The summed E-state index contributed by atoms with van der Waals surface area (Å²) in [6.45, 7) is 1.93. The average Bonchev–Trinajstić information content (AvgIpc) is 2.72.